The van der Waals surface area contributed by atoms with Gasteiger partial charge in [0.25, 0.3) is 0 Å². The van der Waals surface area contributed by atoms with Crippen molar-refractivity contribution in [3.63, 3.8) is 0 Å². The third kappa shape index (κ3) is 6.71. The first kappa shape index (κ1) is 27.6. The van der Waals surface area contributed by atoms with Crippen molar-refractivity contribution in [2.24, 2.45) is 5.92 Å². The summed E-state index contributed by atoms with van der Waals surface area (Å²) in [6, 6.07) is 5.36. The number of carboxylic acid groups (broad SMARTS) is 1. The fourth-order valence-electron chi connectivity index (χ4n) is 3.52. The maximum Gasteiger partial charge on any atom is 0.309 e. The molecule has 34 heavy (non-hydrogen) atoms. The Kier molecular flexibility index (Phi) is 9.09. The SMILES string of the molecule is CC[C@@H](O)C[C@H](O)C(Cc1c(-c2ccc(F)cc2)nc(N(C)S(C)(=O)=O)nc1C(C)C)C(=O)O. The molecule has 1 aromatic heterocycles. The van der Waals surface area contributed by atoms with Crippen LogP contribution in [0.3, 0.4) is 0 Å². The minimum Gasteiger partial charge on any atom is -0.481 e. The van der Waals surface area contributed by atoms with Crippen molar-refractivity contribution in [3.8, 4) is 11.3 Å². The van der Waals surface area contributed by atoms with Crippen LogP contribution in [0.25, 0.3) is 11.3 Å². The van der Waals surface area contributed by atoms with Gasteiger partial charge in [-0.05, 0) is 43.0 Å². The molecule has 0 amide bonds. The number of hydrogen-bond acceptors (Lipinski definition) is 7. The summed E-state index contributed by atoms with van der Waals surface area (Å²) in [6.45, 7) is 5.36. The Hall–Kier alpha value is -2.63. The summed E-state index contributed by atoms with van der Waals surface area (Å²) in [4.78, 5) is 20.9. The number of sulfonamides is 1. The number of anilines is 1. The molecule has 0 fully saturated rings. The Morgan fingerprint density at radius 1 is 1.15 bits per heavy atom. The van der Waals surface area contributed by atoms with Gasteiger partial charge in [-0.1, -0.05) is 20.8 Å². The molecule has 1 heterocycles. The van der Waals surface area contributed by atoms with E-state index in [9.17, 15) is 32.9 Å². The number of halogens is 1. The van der Waals surface area contributed by atoms with Gasteiger partial charge in [0, 0.05) is 24.6 Å². The summed E-state index contributed by atoms with van der Waals surface area (Å²) in [5, 5.41) is 30.4. The number of aliphatic hydroxyl groups is 2. The Labute approximate surface area is 199 Å². The third-order valence-corrected chi connectivity index (χ3v) is 6.82. The molecule has 0 spiro atoms. The molecule has 0 radical (unpaired) electrons. The van der Waals surface area contributed by atoms with Crippen molar-refractivity contribution in [1.82, 2.24) is 9.97 Å². The highest BCUT2D eigenvalue weighted by Crippen LogP contribution is 2.33. The molecule has 1 aromatic carbocycles. The number of aliphatic hydroxyl groups excluding tert-OH is 2. The van der Waals surface area contributed by atoms with Gasteiger partial charge in [-0.2, -0.15) is 0 Å². The molecular formula is C23H32FN3O6S. The molecular weight excluding hydrogens is 465 g/mol. The van der Waals surface area contributed by atoms with E-state index in [-0.39, 0.29) is 30.4 Å². The first-order chi connectivity index (χ1) is 15.8. The lowest BCUT2D eigenvalue weighted by Crippen LogP contribution is -2.34. The number of benzene rings is 1. The van der Waals surface area contributed by atoms with Gasteiger partial charge in [0.05, 0.1) is 35.8 Å². The normalized spacial score (nSPS) is 14.6. The molecule has 3 atom stereocenters. The molecule has 1 unspecified atom stereocenters. The Morgan fingerprint density at radius 3 is 2.21 bits per heavy atom. The molecule has 3 N–H and O–H groups in total. The zero-order chi connectivity index (χ0) is 25.8. The summed E-state index contributed by atoms with van der Waals surface area (Å²) in [7, 11) is -2.39. The number of carboxylic acids is 1. The second-order valence-corrected chi connectivity index (χ2v) is 10.7. The Morgan fingerprint density at radius 2 is 1.74 bits per heavy atom. The second kappa shape index (κ2) is 11.2. The van der Waals surface area contributed by atoms with Crippen LogP contribution >= 0.6 is 0 Å². The summed E-state index contributed by atoms with van der Waals surface area (Å²) in [6.07, 6.45) is -1.13. The van der Waals surface area contributed by atoms with E-state index in [1.807, 2.05) is 13.8 Å². The molecule has 188 valence electrons. The van der Waals surface area contributed by atoms with E-state index < -0.39 is 39.9 Å². The van der Waals surface area contributed by atoms with Crippen molar-refractivity contribution in [1.29, 1.82) is 0 Å². The molecule has 2 rings (SSSR count). The number of rotatable bonds is 11. The van der Waals surface area contributed by atoms with Gasteiger partial charge < -0.3 is 15.3 Å². The van der Waals surface area contributed by atoms with Crippen LogP contribution < -0.4 is 4.31 Å². The molecule has 0 saturated heterocycles. The molecule has 0 bridgehead atoms. The van der Waals surface area contributed by atoms with Gasteiger partial charge in [-0.25, -0.2) is 27.1 Å². The van der Waals surface area contributed by atoms with Crippen LogP contribution in [-0.4, -0.2) is 65.2 Å². The molecule has 2 aromatic rings. The predicted molar refractivity (Wildman–Crippen MR) is 127 cm³/mol. The maximum atomic E-state index is 13.6. The van der Waals surface area contributed by atoms with E-state index in [0.29, 0.717) is 23.2 Å². The van der Waals surface area contributed by atoms with Crippen molar-refractivity contribution in [2.45, 2.75) is 58.2 Å². The van der Waals surface area contributed by atoms with Gasteiger partial charge in [-0.15, -0.1) is 0 Å². The lowest BCUT2D eigenvalue weighted by molar-refractivity contribution is -0.146. The van der Waals surface area contributed by atoms with E-state index in [1.165, 1.54) is 31.3 Å². The summed E-state index contributed by atoms with van der Waals surface area (Å²) in [5.74, 6) is -3.38. The van der Waals surface area contributed by atoms with Crippen LogP contribution in [0.4, 0.5) is 10.3 Å². The van der Waals surface area contributed by atoms with Gasteiger partial charge in [0.2, 0.25) is 16.0 Å². The van der Waals surface area contributed by atoms with Crippen molar-refractivity contribution in [3.05, 3.63) is 41.3 Å². The average Bonchev–Trinajstić information content (AvgIpc) is 2.75. The van der Waals surface area contributed by atoms with Crippen LogP contribution in [0.2, 0.25) is 0 Å². The summed E-state index contributed by atoms with van der Waals surface area (Å²) >= 11 is 0. The zero-order valence-corrected chi connectivity index (χ0v) is 20.8. The fourth-order valence-corrected chi connectivity index (χ4v) is 3.90. The lowest BCUT2D eigenvalue weighted by atomic mass is 9.86. The maximum absolute atomic E-state index is 13.6. The largest absolute Gasteiger partial charge is 0.481 e. The number of hydrogen-bond donors (Lipinski definition) is 3. The van der Waals surface area contributed by atoms with E-state index in [4.69, 9.17) is 0 Å². The summed E-state index contributed by atoms with van der Waals surface area (Å²) < 4.78 is 38.8. The quantitative estimate of drug-likeness (QED) is 0.430. The molecule has 9 nitrogen and oxygen atoms in total. The smallest absolute Gasteiger partial charge is 0.309 e. The van der Waals surface area contributed by atoms with Crippen LogP contribution in [0.5, 0.6) is 0 Å². The number of carbonyl (C=O) groups is 1. The van der Waals surface area contributed by atoms with E-state index in [2.05, 4.69) is 9.97 Å². The topological polar surface area (TPSA) is 141 Å². The van der Waals surface area contributed by atoms with Crippen molar-refractivity contribution in [2.75, 3.05) is 17.6 Å². The fraction of sp³-hybridized carbons (Fsp3) is 0.522. The van der Waals surface area contributed by atoms with Crippen LogP contribution in [0.15, 0.2) is 24.3 Å². The molecule has 0 aliphatic rings. The standard InChI is InChI=1S/C23H32FN3O6S/c1-6-16(28)11-19(29)17(22(30)31)12-18-20(13(2)3)25-23(27(4)34(5,32)33)26-21(18)14-7-9-15(24)10-8-14/h7-10,13,16-17,19,28-29H,6,11-12H2,1-5H3,(H,30,31)/t16-,17?,19+/m1/s1. The molecule has 0 aliphatic carbocycles. The minimum absolute atomic E-state index is 0.108. The Balaban J connectivity index is 2.75. The first-order valence-corrected chi connectivity index (χ1v) is 12.8. The number of aromatic nitrogens is 2. The monoisotopic (exact) mass is 497 g/mol. The highest BCUT2D eigenvalue weighted by Gasteiger charge is 2.32. The highest BCUT2D eigenvalue weighted by atomic mass is 32.2. The van der Waals surface area contributed by atoms with Crippen LogP contribution in [0, 0.1) is 11.7 Å². The second-order valence-electron chi connectivity index (χ2n) is 8.64. The average molecular weight is 498 g/mol. The van der Waals surface area contributed by atoms with Crippen molar-refractivity contribution >= 4 is 21.9 Å². The van der Waals surface area contributed by atoms with Crippen LogP contribution in [0.1, 0.15) is 50.8 Å². The number of aliphatic carboxylic acids is 1. The predicted octanol–water partition coefficient (Wildman–Crippen LogP) is 2.57. The van der Waals surface area contributed by atoms with E-state index in [1.54, 1.807) is 6.92 Å². The molecule has 0 saturated carbocycles. The number of nitrogens with zero attached hydrogens (tertiary/aromatic N) is 3. The van der Waals surface area contributed by atoms with Gasteiger partial charge in [-0.3, -0.25) is 4.79 Å². The molecule has 11 heteroatoms. The zero-order valence-electron chi connectivity index (χ0n) is 19.9. The lowest BCUT2D eigenvalue weighted by Gasteiger charge is -2.25. The van der Waals surface area contributed by atoms with Gasteiger partial charge in [0.1, 0.15) is 5.82 Å². The molecule has 0 aliphatic heterocycles. The first-order valence-electron chi connectivity index (χ1n) is 11.0. The minimum atomic E-state index is -3.70. The summed E-state index contributed by atoms with van der Waals surface area (Å²) in [5.41, 5.74) is 1.51. The van der Waals surface area contributed by atoms with Crippen molar-refractivity contribution < 1.29 is 32.9 Å². The van der Waals surface area contributed by atoms with Crippen LogP contribution in [-0.2, 0) is 21.2 Å². The highest BCUT2D eigenvalue weighted by molar-refractivity contribution is 7.92. The Bertz CT molecular complexity index is 1110. The van der Waals surface area contributed by atoms with Gasteiger partial charge >= 0.3 is 5.97 Å². The van der Waals surface area contributed by atoms with E-state index in [0.717, 1.165) is 10.6 Å². The van der Waals surface area contributed by atoms with Gasteiger partial charge in [0.15, 0.2) is 0 Å². The third-order valence-electron chi connectivity index (χ3n) is 5.66. The van der Waals surface area contributed by atoms with E-state index >= 15 is 0 Å².